The van der Waals surface area contributed by atoms with E-state index in [0.717, 1.165) is 19.4 Å². The molecule has 1 atom stereocenters. The van der Waals surface area contributed by atoms with E-state index in [1.165, 1.54) is 0 Å². The lowest BCUT2D eigenvalue weighted by Gasteiger charge is -2.32. The fraction of sp³-hybridized carbons (Fsp3) is 0.857. The van der Waals surface area contributed by atoms with Crippen molar-refractivity contribution in [2.45, 2.75) is 18.9 Å². The van der Waals surface area contributed by atoms with Crippen LogP contribution in [-0.4, -0.2) is 50.1 Å². The summed E-state index contributed by atoms with van der Waals surface area (Å²) in [5, 5.41) is 0. The minimum atomic E-state index is -3.99. The molecule has 0 saturated carbocycles. The topological polar surface area (TPSA) is 128 Å². The van der Waals surface area contributed by atoms with Crippen LogP contribution >= 0.6 is 11.2 Å². The SMILES string of the molecule is NC(=O)CN1CCCC(NOS(O)(O)O)C1. The monoisotopic (exact) mass is 255 g/mol. The number of likely N-dealkylation sites (tertiary alicyclic amines) is 1. The van der Waals surface area contributed by atoms with Gasteiger partial charge in [-0.2, -0.15) is 9.76 Å². The highest BCUT2D eigenvalue weighted by atomic mass is 32.3. The number of piperidine rings is 1. The van der Waals surface area contributed by atoms with Crippen molar-refractivity contribution in [3.05, 3.63) is 0 Å². The van der Waals surface area contributed by atoms with E-state index in [0.29, 0.717) is 6.54 Å². The maximum atomic E-state index is 10.7. The second-order valence-corrected chi connectivity index (χ2v) is 4.81. The summed E-state index contributed by atoms with van der Waals surface area (Å²) in [7, 11) is 0. The van der Waals surface area contributed by atoms with Crippen molar-refractivity contribution >= 4 is 17.1 Å². The van der Waals surface area contributed by atoms with Gasteiger partial charge in [0.1, 0.15) is 0 Å². The second-order valence-electron chi connectivity index (χ2n) is 3.71. The molecule has 16 heavy (non-hydrogen) atoms. The van der Waals surface area contributed by atoms with Crippen LogP contribution in [0.4, 0.5) is 0 Å². The number of carbonyl (C=O) groups is 1. The fourth-order valence-corrected chi connectivity index (χ4v) is 1.91. The third-order valence-corrected chi connectivity index (χ3v) is 2.53. The van der Waals surface area contributed by atoms with Gasteiger partial charge in [0.25, 0.3) is 0 Å². The summed E-state index contributed by atoms with van der Waals surface area (Å²) in [5.74, 6) is -0.409. The van der Waals surface area contributed by atoms with E-state index in [1.54, 1.807) is 0 Å². The van der Waals surface area contributed by atoms with E-state index in [-0.39, 0.29) is 12.6 Å². The molecule has 9 heteroatoms. The molecule has 0 radical (unpaired) electrons. The Balaban J connectivity index is 2.30. The zero-order valence-electron chi connectivity index (χ0n) is 8.70. The van der Waals surface area contributed by atoms with Crippen LogP contribution in [0.1, 0.15) is 12.8 Å². The lowest BCUT2D eigenvalue weighted by molar-refractivity contribution is -0.119. The van der Waals surface area contributed by atoms with Crippen molar-refractivity contribution in [1.29, 1.82) is 0 Å². The van der Waals surface area contributed by atoms with Crippen LogP contribution in [0.25, 0.3) is 0 Å². The molecule has 0 bridgehead atoms. The van der Waals surface area contributed by atoms with Crippen LogP contribution in [0.5, 0.6) is 0 Å². The van der Waals surface area contributed by atoms with E-state index in [1.807, 2.05) is 4.90 Å². The van der Waals surface area contributed by atoms with Gasteiger partial charge in [0.05, 0.1) is 6.54 Å². The molecule has 1 fully saturated rings. The Kier molecular flexibility index (Phi) is 4.92. The predicted molar refractivity (Wildman–Crippen MR) is 58.4 cm³/mol. The van der Waals surface area contributed by atoms with Gasteiger partial charge < -0.3 is 5.73 Å². The van der Waals surface area contributed by atoms with Gasteiger partial charge in [-0.25, -0.2) is 0 Å². The maximum Gasteiger partial charge on any atom is 0.233 e. The molecule has 1 aliphatic heterocycles. The molecule has 1 saturated heterocycles. The highest BCUT2D eigenvalue weighted by Crippen LogP contribution is 2.32. The molecule has 0 aromatic heterocycles. The number of nitrogens with two attached hydrogens (primary N) is 1. The minimum absolute atomic E-state index is 0.160. The number of primary amides is 1. The Morgan fingerprint density at radius 3 is 2.81 bits per heavy atom. The normalized spacial score (nSPS) is 24.3. The van der Waals surface area contributed by atoms with Gasteiger partial charge in [-0.15, -0.1) is 0 Å². The number of nitrogens with one attached hydrogen (secondary N) is 1. The van der Waals surface area contributed by atoms with Crippen LogP contribution in [0, 0.1) is 0 Å². The minimum Gasteiger partial charge on any atom is -0.369 e. The van der Waals surface area contributed by atoms with Crippen molar-refractivity contribution in [2.24, 2.45) is 5.73 Å². The largest absolute Gasteiger partial charge is 0.369 e. The Hall–Kier alpha value is -0.420. The van der Waals surface area contributed by atoms with E-state index in [4.69, 9.17) is 19.4 Å². The number of nitrogens with zero attached hydrogens (tertiary/aromatic N) is 1. The van der Waals surface area contributed by atoms with Gasteiger partial charge in [-0.3, -0.25) is 23.4 Å². The molecule has 1 heterocycles. The molecule has 1 rings (SSSR count). The van der Waals surface area contributed by atoms with Gasteiger partial charge in [-0.05, 0) is 19.4 Å². The van der Waals surface area contributed by atoms with Gasteiger partial charge in [0.2, 0.25) is 17.1 Å². The first kappa shape index (κ1) is 13.6. The highest BCUT2D eigenvalue weighted by molar-refractivity contribution is 8.15. The van der Waals surface area contributed by atoms with Crippen LogP contribution < -0.4 is 11.2 Å². The first-order valence-electron chi connectivity index (χ1n) is 4.82. The lowest BCUT2D eigenvalue weighted by atomic mass is 10.1. The Bertz CT molecular complexity index is 247. The van der Waals surface area contributed by atoms with Crippen LogP contribution in [0.15, 0.2) is 0 Å². The van der Waals surface area contributed by atoms with Crippen molar-refractivity contribution < 1.29 is 22.7 Å². The molecule has 96 valence electrons. The molecule has 0 aliphatic carbocycles. The summed E-state index contributed by atoms with van der Waals surface area (Å²) in [5.41, 5.74) is 7.42. The van der Waals surface area contributed by atoms with Crippen LogP contribution in [-0.2, 0) is 9.08 Å². The molecular formula is C7H17N3O5S. The van der Waals surface area contributed by atoms with Crippen molar-refractivity contribution in [3.8, 4) is 0 Å². The molecule has 0 aromatic carbocycles. The Morgan fingerprint density at radius 1 is 1.56 bits per heavy atom. The molecule has 6 N–H and O–H groups in total. The smallest absolute Gasteiger partial charge is 0.233 e. The average molecular weight is 255 g/mol. The van der Waals surface area contributed by atoms with Gasteiger partial charge in [-0.1, -0.05) is 0 Å². The van der Waals surface area contributed by atoms with Crippen molar-refractivity contribution in [2.75, 3.05) is 19.6 Å². The maximum absolute atomic E-state index is 10.7. The number of hydroxylamine groups is 1. The van der Waals surface area contributed by atoms with E-state index in [9.17, 15) is 4.79 Å². The zero-order chi connectivity index (χ0) is 12.2. The van der Waals surface area contributed by atoms with Gasteiger partial charge >= 0.3 is 0 Å². The zero-order valence-corrected chi connectivity index (χ0v) is 9.52. The lowest BCUT2D eigenvalue weighted by Crippen LogP contribution is -2.48. The summed E-state index contributed by atoms with van der Waals surface area (Å²) >= 11 is -3.99. The van der Waals surface area contributed by atoms with Crippen LogP contribution in [0.2, 0.25) is 0 Å². The number of hydrogen-bond acceptors (Lipinski definition) is 7. The summed E-state index contributed by atoms with van der Waals surface area (Å²) in [6.45, 7) is 1.42. The standard InChI is InChI=1S/C7H17N3O5S/c8-7(11)5-10-3-1-2-6(4-10)9-15-16(12,13)14/h6,9,12-14H,1-5H2,(H2,8,11). The van der Waals surface area contributed by atoms with Crippen molar-refractivity contribution in [3.63, 3.8) is 0 Å². The van der Waals surface area contributed by atoms with E-state index < -0.39 is 17.1 Å². The average Bonchev–Trinajstić information content (AvgIpc) is 2.13. The summed E-state index contributed by atoms with van der Waals surface area (Å²) in [6, 6.07) is -0.175. The fourth-order valence-electron chi connectivity index (χ4n) is 1.65. The molecule has 0 aromatic rings. The predicted octanol–water partition coefficient (Wildman–Crippen LogP) is -0.404. The van der Waals surface area contributed by atoms with E-state index >= 15 is 0 Å². The van der Waals surface area contributed by atoms with Gasteiger partial charge in [0, 0.05) is 12.6 Å². The first-order chi connectivity index (χ1) is 7.37. The van der Waals surface area contributed by atoms with Crippen LogP contribution in [0.3, 0.4) is 0 Å². The highest BCUT2D eigenvalue weighted by Gasteiger charge is 2.23. The summed E-state index contributed by atoms with van der Waals surface area (Å²) < 4.78 is 30.0. The number of rotatable bonds is 5. The molecule has 1 unspecified atom stereocenters. The molecule has 8 nitrogen and oxygen atoms in total. The van der Waals surface area contributed by atoms with Gasteiger partial charge in [0.15, 0.2) is 0 Å². The third-order valence-electron chi connectivity index (χ3n) is 2.21. The molecule has 0 spiro atoms. The van der Waals surface area contributed by atoms with Crippen molar-refractivity contribution in [1.82, 2.24) is 10.4 Å². The molecule has 1 amide bonds. The third kappa shape index (κ3) is 5.61. The number of carbonyl (C=O) groups excluding carboxylic acids is 1. The second kappa shape index (κ2) is 5.77. The quantitative estimate of drug-likeness (QED) is 0.423. The first-order valence-corrected chi connectivity index (χ1v) is 6.25. The summed E-state index contributed by atoms with van der Waals surface area (Å²) in [4.78, 5) is 12.5. The number of amides is 1. The molecular weight excluding hydrogens is 238 g/mol. The Morgan fingerprint density at radius 2 is 2.25 bits per heavy atom. The summed E-state index contributed by atoms with van der Waals surface area (Å²) in [6.07, 6.45) is 1.59. The number of hydrogen-bond donors (Lipinski definition) is 5. The van der Waals surface area contributed by atoms with E-state index in [2.05, 4.69) is 9.76 Å². The Labute approximate surface area is 95.1 Å². The molecule has 1 aliphatic rings.